The number of carbonyl (C=O) groups is 1. The van der Waals surface area contributed by atoms with Gasteiger partial charge in [0.1, 0.15) is 5.78 Å². The van der Waals surface area contributed by atoms with Gasteiger partial charge in [-0.2, -0.15) is 0 Å². The monoisotopic (exact) mass is 150 g/mol. The zero-order chi connectivity index (χ0) is 8.27. The van der Waals surface area contributed by atoms with E-state index in [4.69, 9.17) is 0 Å². The zero-order valence-electron chi connectivity index (χ0n) is 7.18. The lowest BCUT2D eigenvalue weighted by atomic mass is 9.95. The van der Waals surface area contributed by atoms with Gasteiger partial charge in [0.15, 0.2) is 0 Å². The first-order valence-corrected chi connectivity index (χ1v) is 4.18. The smallest absolute Gasteiger partial charge is 0.136 e. The van der Waals surface area contributed by atoms with Crippen LogP contribution in [0.4, 0.5) is 0 Å². The Hall–Kier alpha value is -0.770. The van der Waals surface area contributed by atoms with E-state index in [1.807, 2.05) is 13.8 Å². The van der Waals surface area contributed by atoms with E-state index in [0.29, 0.717) is 11.7 Å². The lowest BCUT2D eigenvalue weighted by molar-refractivity contribution is -0.120. The molecule has 60 valence electrons. The summed E-state index contributed by atoms with van der Waals surface area (Å²) >= 11 is 0. The van der Waals surface area contributed by atoms with Crippen LogP contribution in [0.15, 0.2) is 0 Å². The van der Waals surface area contributed by atoms with Gasteiger partial charge < -0.3 is 0 Å². The molecule has 1 rings (SSSR count). The summed E-state index contributed by atoms with van der Waals surface area (Å²) < 4.78 is 0. The maximum Gasteiger partial charge on any atom is 0.136 e. The van der Waals surface area contributed by atoms with Gasteiger partial charge in [-0.15, -0.1) is 11.8 Å². The Bertz CT molecular complexity index is 207. The minimum atomic E-state index is 0.260. The molecular formula is C10H14O. The van der Waals surface area contributed by atoms with Crippen molar-refractivity contribution in [2.75, 3.05) is 0 Å². The van der Waals surface area contributed by atoms with E-state index in [2.05, 4.69) is 11.8 Å². The fourth-order valence-electron chi connectivity index (χ4n) is 1.58. The Morgan fingerprint density at radius 2 is 2.36 bits per heavy atom. The van der Waals surface area contributed by atoms with E-state index in [-0.39, 0.29) is 5.92 Å². The van der Waals surface area contributed by atoms with E-state index >= 15 is 0 Å². The molecular weight excluding hydrogens is 136 g/mol. The second-order valence-corrected chi connectivity index (χ2v) is 3.18. The number of rotatable bonds is 1. The third-order valence-electron chi connectivity index (χ3n) is 2.52. The Morgan fingerprint density at radius 1 is 1.64 bits per heavy atom. The van der Waals surface area contributed by atoms with Crippen LogP contribution in [0.3, 0.4) is 0 Å². The maximum absolute atomic E-state index is 11.1. The van der Waals surface area contributed by atoms with Crippen LogP contribution in [0, 0.1) is 23.7 Å². The molecule has 2 atom stereocenters. The predicted molar refractivity (Wildman–Crippen MR) is 45.0 cm³/mol. The number of Topliss-reactive ketones (excluding diaryl/α,β-unsaturated/α-hetero) is 1. The molecule has 0 spiro atoms. The van der Waals surface area contributed by atoms with Crippen LogP contribution in [-0.4, -0.2) is 5.78 Å². The molecule has 0 aromatic carbocycles. The maximum atomic E-state index is 11.1. The van der Waals surface area contributed by atoms with Crippen LogP contribution in [0.5, 0.6) is 0 Å². The molecule has 1 heteroatoms. The quantitative estimate of drug-likeness (QED) is 0.522. The number of hydrogen-bond acceptors (Lipinski definition) is 1. The minimum absolute atomic E-state index is 0.260. The lowest BCUT2D eigenvalue weighted by Gasteiger charge is -2.08. The van der Waals surface area contributed by atoms with Gasteiger partial charge in [0.2, 0.25) is 0 Å². The van der Waals surface area contributed by atoms with E-state index < -0.39 is 0 Å². The first-order chi connectivity index (χ1) is 5.25. The van der Waals surface area contributed by atoms with Gasteiger partial charge in [0, 0.05) is 18.8 Å². The lowest BCUT2D eigenvalue weighted by Crippen LogP contribution is -2.09. The van der Waals surface area contributed by atoms with Gasteiger partial charge in [0.05, 0.1) is 0 Å². The van der Waals surface area contributed by atoms with Crippen LogP contribution < -0.4 is 0 Å². The number of ketones is 1. The topological polar surface area (TPSA) is 17.1 Å². The molecule has 0 aliphatic heterocycles. The third-order valence-corrected chi connectivity index (χ3v) is 2.52. The molecule has 1 fully saturated rings. The summed E-state index contributed by atoms with van der Waals surface area (Å²) in [7, 11) is 0. The largest absolute Gasteiger partial charge is 0.299 e. The standard InChI is InChI=1S/C10H14O/c1-3-4-5-9-6-7-10(11)8(9)2/h8-9H,5-7H2,1-2H3. The van der Waals surface area contributed by atoms with Crippen LogP contribution in [0.1, 0.15) is 33.1 Å². The molecule has 1 saturated carbocycles. The van der Waals surface area contributed by atoms with E-state index in [0.717, 1.165) is 19.3 Å². The molecule has 0 bridgehead atoms. The summed E-state index contributed by atoms with van der Waals surface area (Å²) in [5, 5.41) is 0. The van der Waals surface area contributed by atoms with Gasteiger partial charge in [-0.25, -0.2) is 0 Å². The number of carbonyl (C=O) groups excluding carboxylic acids is 1. The van der Waals surface area contributed by atoms with Crippen molar-refractivity contribution >= 4 is 5.78 Å². The average Bonchev–Trinajstić information content (AvgIpc) is 2.31. The molecule has 0 aromatic heterocycles. The predicted octanol–water partition coefficient (Wildman–Crippen LogP) is 2.02. The summed E-state index contributed by atoms with van der Waals surface area (Å²) in [5.74, 6) is 7.13. The van der Waals surface area contributed by atoms with Crippen molar-refractivity contribution in [2.24, 2.45) is 11.8 Å². The van der Waals surface area contributed by atoms with Crippen LogP contribution in [0.2, 0.25) is 0 Å². The molecule has 0 N–H and O–H groups in total. The molecule has 2 unspecified atom stereocenters. The second kappa shape index (κ2) is 3.57. The van der Waals surface area contributed by atoms with E-state index in [9.17, 15) is 4.79 Å². The minimum Gasteiger partial charge on any atom is -0.299 e. The van der Waals surface area contributed by atoms with Crippen molar-refractivity contribution in [3.8, 4) is 11.8 Å². The van der Waals surface area contributed by atoms with Gasteiger partial charge in [-0.3, -0.25) is 4.79 Å². The highest BCUT2D eigenvalue weighted by molar-refractivity contribution is 5.83. The highest BCUT2D eigenvalue weighted by Gasteiger charge is 2.29. The summed E-state index contributed by atoms with van der Waals surface area (Å²) in [4.78, 5) is 11.1. The van der Waals surface area contributed by atoms with Crippen molar-refractivity contribution in [3.05, 3.63) is 0 Å². The van der Waals surface area contributed by atoms with Gasteiger partial charge in [0.25, 0.3) is 0 Å². The third kappa shape index (κ3) is 1.83. The van der Waals surface area contributed by atoms with Crippen molar-refractivity contribution in [1.82, 2.24) is 0 Å². The van der Waals surface area contributed by atoms with E-state index in [1.165, 1.54) is 0 Å². The van der Waals surface area contributed by atoms with Crippen molar-refractivity contribution in [2.45, 2.75) is 33.1 Å². The molecule has 1 aliphatic rings. The summed E-state index contributed by atoms with van der Waals surface area (Å²) in [6.07, 6.45) is 2.73. The highest BCUT2D eigenvalue weighted by Crippen LogP contribution is 2.30. The first kappa shape index (κ1) is 8.33. The molecule has 0 amide bonds. The van der Waals surface area contributed by atoms with Gasteiger partial charge in [-0.1, -0.05) is 6.92 Å². The Kier molecular flexibility index (Phi) is 2.70. The van der Waals surface area contributed by atoms with Crippen molar-refractivity contribution in [1.29, 1.82) is 0 Å². The van der Waals surface area contributed by atoms with Gasteiger partial charge >= 0.3 is 0 Å². The Labute approximate surface area is 68.2 Å². The molecule has 0 radical (unpaired) electrons. The normalized spacial score (nSPS) is 29.8. The zero-order valence-corrected chi connectivity index (χ0v) is 7.18. The highest BCUT2D eigenvalue weighted by atomic mass is 16.1. The average molecular weight is 150 g/mol. The summed E-state index contributed by atoms with van der Waals surface area (Å²) in [6, 6.07) is 0. The SMILES string of the molecule is CC#CCC1CCC(=O)C1C. The fourth-order valence-corrected chi connectivity index (χ4v) is 1.58. The second-order valence-electron chi connectivity index (χ2n) is 3.18. The first-order valence-electron chi connectivity index (χ1n) is 4.18. The van der Waals surface area contributed by atoms with Crippen LogP contribution in [-0.2, 0) is 4.79 Å². The van der Waals surface area contributed by atoms with Gasteiger partial charge in [-0.05, 0) is 19.3 Å². The molecule has 11 heavy (non-hydrogen) atoms. The van der Waals surface area contributed by atoms with E-state index in [1.54, 1.807) is 0 Å². The molecule has 0 heterocycles. The molecule has 0 saturated heterocycles. The Morgan fingerprint density at radius 3 is 2.82 bits per heavy atom. The number of hydrogen-bond donors (Lipinski definition) is 0. The van der Waals surface area contributed by atoms with Crippen molar-refractivity contribution < 1.29 is 4.79 Å². The van der Waals surface area contributed by atoms with Crippen LogP contribution in [0.25, 0.3) is 0 Å². The van der Waals surface area contributed by atoms with Crippen molar-refractivity contribution in [3.63, 3.8) is 0 Å². The van der Waals surface area contributed by atoms with Crippen LogP contribution >= 0.6 is 0 Å². The molecule has 0 aromatic rings. The molecule has 1 aliphatic carbocycles. The molecule has 1 nitrogen and oxygen atoms in total. The Balaban J connectivity index is 2.46. The fraction of sp³-hybridized carbons (Fsp3) is 0.700. The summed E-state index contributed by atoms with van der Waals surface area (Å²) in [6.45, 7) is 3.87. The summed E-state index contributed by atoms with van der Waals surface area (Å²) in [5.41, 5.74) is 0.